The Balaban J connectivity index is 1.81. The Bertz CT molecular complexity index is 526. The first kappa shape index (κ1) is 15.3. The number of rotatable bonds is 6. The van der Waals surface area contributed by atoms with Crippen molar-refractivity contribution in [2.45, 2.75) is 25.7 Å². The summed E-state index contributed by atoms with van der Waals surface area (Å²) in [5, 5.41) is 11.9. The van der Waals surface area contributed by atoms with E-state index in [1.807, 2.05) is 0 Å². The maximum absolute atomic E-state index is 12.9. The van der Waals surface area contributed by atoms with Gasteiger partial charge in [-0.25, -0.2) is 4.39 Å². The highest BCUT2D eigenvalue weighted by Gasteiger charge is 2.41. The van der Waals surface area contributed by atoms with E-state index in [2.05, 4.69) is 5.32 Å². The minimum atomic E-state index is -0.869. The van der Waals surface area contributed by atoms with Crippen LogP contribution in [0.3, 0.4) is 0 Å². The lowest BCUT2D eigenvalue weighted by atomic mass is 9.86. The number of hydrogen-bond donors (Lipinski definition) is 2. The Labute approximate surface area is 122 Å². The van der Waals surface area contributed by atoms with Crippen LogP contribution in [0.1, 0.15) is 25.7 Å². The summed E-state index contributed by atoms with van der Waals surface area (Å²) in [5.74, 6) is -1.46. The van der Waals surface area contributed by atoms with Crippen molar-refractivity contribution in [2.24, 2.45) is 5.41 Å². The van der Waals surface area contributed by atoms with E-state index in [4.69, 9.17) is 4.74 Å². The molecule has 1 aliphatic carbocycles. The number of carboxylic acids is 1. The van der Waals surface area contributed by atoms with Crippen molar-refractivity contribution in [3.05, 3.63) is 30.1 Å². The number of amides is 1. The predicted molar refractivity (Wildman–Crippen MR) is 73.4 cm³/mol. The summed E-state index contributed by atoms with van der Waals surface area (Å²) in [6, 6.07) is 5.50. The van der Waals surface area contributed by atoms with E-state index in [9.17, 15) is 19.1 Å². The van der Waals surface area contributed by atoms with E-state index in [0.29, 0.717) is 12.8 Å². The Morgan fingerprint density at radius 3 is 2.67 bits per heavy atom. The molecule has 0 atom stereocenters. The van der Waals surface area contributed by atoms with Crippen molar-refractivity contribution in [3.63, 3.8) is 0 Å². The monoisotopic (exact) mass is 295 g/mol. The Morgan fingerprint density at radius 1 is 1.33 bits per heavy atom. The lowest BCUT2D eigenvalue weighted by molar-refractivity contribution is -0.148. The molecule has 0 aromatic heterocycles. The molecule has 1 aromatic carbocycles. The molecule has 1 aliphatic rings. The zero-order valence-corrected chi connectivity index (χ0v) is 11.6. The van der Waals surface area contributed by atoms with Gasteiger partial charge in [0.25, 0.3) is 5.91 Å². The molecule has 21 heavy (non-hydrogen) atoms. The van der Waals surface area contributed by atoms with Crippen molar-refractivity contribution < 1.29 is 23.8 Å². The van der Waals surface area contributed by atoms with Gasteiger partial charge in [0.15, 0.2) is 6.61 Å². The maximum Gasteiger partial charge on any atom is 0.311 e. The summed E-state index contributed by atoms with van der Waals surface area (Å²) in [4.78, 5) is 23.0. The van der Waals surface area contributed by atoms with Crippen molar-refractivity contribution in [1.29, 1.82) is 0 Å². The minimum absolute atomic E-state index is 0.105. The molecule has 0 heterocycles. The van der Waals surface area contributed by atoms with E-state index in [-0.39, 0.29) is 18.9 Å². The Hall–Kier alpha value is -2.11. The smallest absolute Gasteiger partial charge is 0.311 e. The molecule has 2 N–H and O–H groups in total. The quantitative estimate of drug-likeness (QED) is 0.841. The average molecular weight is 295 g/mol. The third-order valence-electron chi connectivity index (χ3n) is 3.80. The van der Waals surface area contributed by atoms with Gasteiger partial charge in [-0.05, 0) is 25.0 Å². The minimum Gasteiger partial charge on any atom is -0.484 e. The maximum atomic E-state index is 12.9. The zero-order valence-electron chi connectivity index (χ0n) is 11.6. The van der Waals surface area contributed by atoms with Crippen molar-refractivity contribution in [3.8, 4) is 5.75 Å². The van der Waals surface area contributed by atoms with Crippen LogP contribution in [0.15, 0.2) is 24.3 Å². The molecule has 0 aliphatic heterocycles. The van der Waals surface area contributed by atoms with Crippen LogP contribution in [0.25, 0.3) is 0 Å². The van der Waals surface area contributed by atoms with Crippen LogP contribution >= 0.6 is 0 Å². The summed E-state index contributed by atoms with van der Waals surface area (Å²) >= 11 is 0. The molecule has 6 heteroatoms. The Morgan fingerprint density at radius 2 is 2.05 bits per heavy atom. The first-order valence-corrected chi connectivity index (χ1v) is 6.90. The molecule has 2 rings (SSSR count). The normalized spacial score (nSPS) is 16.4. The SMILES string of the molecule is O=C(COc1cccc(F)c1)NCC1(C(=O)O)CCCC1. The van der Waals surface area contributed by atoms with Crippen molar-refractivity contribution >= 4 is 11.9 Å². The molecule has 1 fully saturated rings. The molecular weight excluding hydrogens is 277 g/mol. The summed E-state index contributed by atoms with van der Waals surface area (Å²) in [6.45, 7) is -0.160. The standard InChI is InChI=1S/C15H18FNO4/c16-11-4-3-5-12(8-11)21-9-13(18)17-10-15(14(19)20)6-1-2-7-15/h3-5,8H,1-2,6-7,9-10H2,(H,17,18)(H,19,20). The number of benzene rings is 1. The van der Waals surface area contributed by atoms with Gasteiger partial charge in [0.05, 0.1) is 5.41 Å². The molecule has 0 radical (unpaired) electrons. The van der Waals surface area contributed by atoms with Crippen LogP contribution in [-0.2, 0) is 9.59 Å². The molecule has 1 aromatic rings. The third-order valence-corrected chi connectivity index (χ3v) is 3.80. The molecule has 0 spiro atoms. The second-order valence-electron chi connectivity index (χ2n) is 5.32. The Kier molecular flexibility index (Phi) is 4.77. The van der Waals surface area contributed by atoms with Crippen LogP contribution in [0.2, 0.25) is 0 Å². The van der Waals surface area contributed by atoms with Gasteiger partial charge in [-0.3, -0.25) is 9.59 Å². The fourth-order valence-corrected chi connectivity index (χ4v) is 2.54. The van der Waals surface area contributed by atoms with E-state index in [0.717, 1.165) is 12.8 Å². The number of halogens is 1. The first-order chi connectivity index (χ1) is 10.0. The van der Waals surface area contributed by atoms with E-state index >= 15 is 0 Å². The van der Waals surface area contributed by atoms with Crippen LogP contribution < -0.4 is 10.1 Å². The number of aliphatic carboxylic acids is 1. The molecule has 0 unspecified atom stereocenters. The molecule has 1 amide bonds. The highest BCUT2D eigenvalue weighted by molar-refractivity contribution is 5.80. The molecule has 0 saturated heterocycles. The van der Waals surface area contributed by atoms with Gasteiger partial charge in [0.1, 0.15) is 11.6 Å². The lowest BCUT2D eigenvalue weighted by Gasteiger charge is -2.23. The third kappa shape index (κ3) is 3.93. The van der Waals surface area contributed by atoms with Gasteiger partial charge in [-0.15, -0.1) is 0 Å². The topological polar surface area (TPSA) is 75.6 Å². The van der Waals surface area contributed by atoms with Crippen LogP contribution in [0.4, 0.5) is 4.39 Å². The highest BCUT2D eigenvalue weighted by atomic mass is 19.1. The summed E-state index contributed by atoms with van der Waals surface area (Å²) in [7, 11) is 0. The van der Waals surface area contributed by atoms with Crippen molar-refractivity contribution in [1.82, 2.24) is 5.32 Å². The van der Waals surface area contributed by atoms with E-state index in [1.165, 1.54) is 18.2 Å². The molecule has 0 bridgehead atoms. The van der Waals surface area contributed by atoms with Gasteiger partial charge in [-0.2, -0.15) is 0 Å². The predicted octanol–water partition coefficient (Wildman–Crippen LogP) is 1.97. The second-order valence-corrected chi connectivity index (χ2v) is 5.32. The van der Waals surface area contributed by atoms with Gasteiger partial charge < -0.3 is 15.2 Å². The summed E-state index contributed by atoms with van der Waals surface area (Å²) < 4.78 is 18.1. The summed E-state index contributed by atoms with van der Waals surface area (Å²) in [6.07, 6.45) is 2.88. The number of ether oxygens (including phenoxy) is 1. The zero-order chi connectivity index (χ0) is 15.3. The first-order valence-electron chi connectivity index (χ1n) is 6.90. The van der Waals surface area contributed by atoms with Gasteiger partial charge >= 0.3 is 5.97 Å². The lowest BCUT2D eigenvalue weighted by Crippen LogP contribution is -2.42. The molecular formula is C15H18FNO4. The van der Waals surface area contributed by atoms with Gasteiger partial charge in [-0.1, -0.05) is 18.9 Å². The van der Waals surface area contributed by atoms with E-state index in [1.54, 1.807) is 6.07 Å². The van der Waals surface area contributed by atoms with Gasteiger partial charge in [0, 0.05) is 12.6 Å². The van der Waals surface area contributed by atoms with E-state index < -0.39 is 23.1 Å². The number of hydrogen-bond acceptors (Lipinski definition) is 3. The van der Waals surface area contributed by atoms with Gasteiger partial charge in [0.2, 0.25) is 0 Å². The number of carbonyl (C=O) groups is 2. The van der Waals surface area contributed by atoms with Crippen LogP contribution in [0.5, 0.6) is 5.75 Å². The fraction of sp³-hybridized carbons (Fsp3) is 0.467. The molecule has 1 saturated carbocycles. The number of carboxylic acid groups (broad SMARTS) is 1. The van der Waals surface area contributed by atoms with Crippen LogP contribution in [-0.4, -0.2) is 30.1 Å². The highest BCUT2D eigenvalue weighted by Crippen LogP contribution is 2.37. The summed E-state index contributed by atoms with van der Waals surface area (Å²) in [5.41, 5.74) is -0.853. The van der Waals surface area contributed by atoms with Crippen molar-refractivity contribution in [2.75, 3.05) is 13.2 Å². The molecule has 5 nitrogen and oxygen atoms in total. The second kappa shape index (κ2) is 6.56. The van der Waals surface area contributed by atoms with Crippen LogP contribution in [0, 0.1) is 11.2 Å². The number of carbonyl (C=O) groups excluding carboxylic acids is 1. The average Bonchev–Trinajstić information content (AvgIpc) is 2.93. The largest absolute Gasteiger partial charge is 0.484 e. The molecule has 114 valence electrons. The fourth-order valence-electron chi connectivity index (χ4n) is 2.54. The number of nitrogens with one attached hydrogen (secondary N) is 1.